The number of β-amino-alcohol motifs (C(OH)–C–C–N with tert-alkyl or cyclic N) is 1. The summed E-state index contributed by atoms with van der Waals surface area (Å²) in [6.45, 7) is 6.20. The molecule has 1 aliphatic rings. The van der Waals surface area contributed by atoms with Crippen molar-refractivity contribution in [3.8, 4) is 11.5 Å². The fourth-order valence-corrected chi connectivity index (χ4v) is 3.93. The summed E-state index contributed by atoms with van der Waals surface area (Å²) in [6.07, 6.45) is 1.75. The van der Waals surface area contributed by atoms with E-state index < -0.39 is 6.10 Å². The van der Waals surface area contributed by atoms with E-state index in [-0.39, 0.29) is 12.7 Å². The number of likely N-dealkylation sites (tertiary alicyclic amines) is 1. The summed E-state index contributed by atoms with van der Waals surface area (Å²) in [5, 5.41) is 23.4. The van der Waals surface area contributed by atoms with E-state index in [4.69, 9.17) is 9.47 Å². The zero-order valence-electron chi connectivity index (χ0n) is 18.7. The third-order valence-corrected chi connectivity index (χ3v) is 5.85. The van der Waals surface area contributed by atoms with Gasteiger partial charge in [0.2, 0.25) is 0 Å². The second-order valence-electron chi connectivity index (χ2n) is 8.34. The molecule has 1 saturated heterocycles. The molecule has 3 N–H and O–H groups in total. The third kappa shape index (κ3) is 7.51. The first-order valence-electron chi connectivity index (χ1n) is 11.2. The highest BCUT2D eigenvalue weighted by Crippen LogP contribution is 2.28. The van der Waals surface area contributed by atoms with E-state index >= 15 is 0 Å². The van der Waals surface area contributed by atoms with Gasteiger partial charge in [-0.05, 0) is 61.6 Å². The van der Waals surface area contributed by atoms with E-state index in [9.17, 15) is 10.2 Å². The van der Waals surface area contributed by atoms with Crippen molar-refractivity contribution in [1.29, 1.82) is 0 Å². The van der Waals surface area contributed by atoms with Crippen molar-refractivity contribution in [2.45, 2.75) is 44.9 Å². The van der Waals surface area contributed by atoms with Crippen LogP contribution in [0.4, 0.5) is 0 Å². The molecule has 0 aliphatic carbocycles. The number of hydrogen-bond donors (Lipinski definition) is 3. The Balaban J connectivity index is 1.43. The standard InChI is InChI=1S/C25H36N2O4/c1-19-5-3-4-6-21(19)9-12-26-16-20-7-8-24(25(15-20)30-2)31-18-23(29)17-27-13-10-22(28)11-14-27/h3-8,15,22-23,26,28-29H,9-14,16-18H2,1-2H3. The van der Waals surface area contributed by atoms with Gasteiger partial charge in [-0.3, -0.25) is 0 Å². The molecule has 2 aromatic carbocycles. The number of piperidine rings is 1. The average molecular weight is 429 g/mol. The Hall–Kier alpha value is -2.12. The molecule has 170 valence electrons. The van der Waals surface area contributed by atoms with Crippen molar-refractivity contribution < 1.29 is 19.7 Å². The lowest BCUT2D eigenvalue weighted by Gasteiger charge is -2.30. The van der Waals surface area contributed by atoms with E-state index in [0.29, 0.717) is 18.0 Å². The fourth-order valence-electron chi connectivity index (χ4n) is 3.93. The van der Waals surface area contributed by atoms with Gasteiger partial charge in [-0.1, -0.05) is 30.3 Å². The van der Waals surface area contributed by atoms with Crippen molar-refractivity contribution in [2.75, 3.05) is 39.9 Å². The summed E-state index contributed by atoms with van der Waals surface area (Å²) < 4.78 is 11.3. The minimum Gasteiger partial charge on any atom is -0.493 e. The van der Waals surface area contributed by atoms with E-state index in [1.165, 1.54) is 11.1 Å². The Labute approximate surface area is 185 Å². The summed E-state index contributed by atoms with van der Waals surface area (Å²) in [7, 11) is 1.63. The number of methoxy groups -OCH3 is 1. The quantitative estimate of drug-likeness (QED) is 0.478. The molecule has 3 rings (SSSR count). The van der Waals surface area contributed by atoms with Crippen LogP contribution in [0.3, 0.4) is 0 Å². The summed E-state index contributed by atoms with van der Waals surface area (Å²) in [6, 6.07) is 14.4. The van der Waals surface area contributed by atoms with Gasteiger partial charge in [-0.25, -0.2) is 0 Å². The number of rotatable bonds is 11. The monoisotopic (exact) mass is 428 g/mol. The highest BCUT2D eigenvalue weighted by atomic mass is 16.5. The van der Waals surface area contributed by atoms with Crippen LogP contribution in [-0.4, -0.2) is 67.2 Å². The van der Waals surface area contributed by atoms with Gasteiger partial charge in [0.05, 0.1) is 13.2 Å². The maximum absolute atomic E-state index is 10.3. The minimum atomic E-state index is -0.581. The van der Waals surface area contributed by atoms with E-state index in [2.05, 4.69) is 41.4 Å². The van der Waals surface area contributed by atoms with Crippen molar-refractivity contribution in [3.05, 3.63) is 59.2 Å². The maximum atomic E-state index is 10.3. The SMILES string of the molecule is COc1cc(CNCCc2ccccc2C)ccc1OCC(O)CN1CCC(O)CC1. The summed E-state index contributed by atoms with van der Waals surface area (Å²) in [4.78, 5) is 2.17. The number of nitrogens with zero attached hydrogens (tertiary/aromatic N) is 1. The lowest BCUT2D eigenvalue weighted by atomic mass is 10.1. The zero-order chi connectivity index (χ0) is 22.1. The Morgan fingerprint density at radius 3 is 2.65 bits per heavy atom. The van der Waals surface area contributed by atoms with Gasteiger partial charge in [0.15, 0.2) is 11.5 Å². The second-order valence-corrected chi connectivity index (χ2v) is 8.34. The Morgan fingerprint density at radius 2 is 1.90 bits per heavy atom. The molecule has 2 aromatic rings. The lowest BCUT2D eigenvalue weighted by molar-refractivity contribution is 0.0333. The van der Waals surface area contributed by atoms with Crippen LogP contribution in [0.2, 0.25) is 0 Å². The molecule has 0 aromatic heterocycles. The summed E-state index contributed by atoms with van der Waals surface area (Å²) >= 11 is 0. The first kappa shape index (κ1) is 23.5. The molecule has 0 amide bonds. The van der Waals surface area contributed by atoms with Crippen molar-refractivity contribution >= 4 is 0 Å². The van der Waals surface area contributed by atoms with Crippen LogP contribution in [-0.2, 0) is 13.0 Å². The molecule has 1 heterocycles. The number of hydrogen-bond acceptors (Lipinski definition) is 6. The summed E-state index contributed by atoms with van der Waals surface area (Å²) in [5.74, 6) is 1.31. The number of aliphatic hydroxyl groups excluding tert-OH is 2. The molecule has 1 fully saturated rings. The number of ether oxygens (including phenoxy) is 2. The average Bonchev–Trinajstić information content (AvgIpc) is 2.78. The molecule has 0 radical (unpaired) electrons. The number of nitrogens with one attached hydrogen (secondary N) is 1. The maximum Gasteiger partial charge on any atom is 0.161 e. The molecule has 0 bridgehead atoms. The zero-order valence-corrected chi connectivity index (χ0v) is 18.7. The number of benzene rings is 2. The van der Waals surface area contributed by atoms with E-state index in [1.807, 2.05) is 18.2 Å². The van der Waals surface area contributed by atoms with Gasteiger partial charge in [-0.2, -0.15) is 0 Å². The Morgan fingerprint density at radius 1 is 1.13 bits per heavy atom. The van der Waals surface area contributed by atoms with Gasteiger partial charge in [0, 0.05) is 26.2 Å². The molecular formula is C25H36N2O4. The topological polar surface area (TPSA) is 74.2 Å². The van der Waals surface area contributed by atoms with Crippen LogP contribution in [0, 0.1) is 6.92 Å². The highest BCUT2D eigenvalue weighted by molar-refractivity contribution is 5.43. The second kappa shape index (κ2) is 12.1. The normalized spacial score (nSPS) is 16.3. The number of aryl methyl sites for hydroxylation is 1. The molecular weight excluding hydrogens is 392 g/mol. The smallest absolute Gasteiger partial charge is 0.161 e. The molecule has 1 atom stereocenters. The predicted octanol–water partition coefficient (Wildman–Crippen LogP) is 2.53. The molecule has 0 saturated carbocycles. The van der Waals surface area contributed by atoms with Crippen molar-refractivity contribution in [1.82, 2.24) is 10.2 Å². The van der Waals surface area contributed by atoms with Gasteiger partial charge < -0.3 is 29.9 Å². The molecule has 1 unspecified atom stereocenters. The molecule has 1 aliphatic heterocycles. The largest absolute Gasteiger partial charge is 0.493 e. The molecule has 0 spiro atoms. The first-order valence-corrected chi connectivity index (χ1v) is 11.2. The third-order valence-electron chi connectivity index (χ3n) is 5.85. The van der Waals surface area contributed by atoms with Gasteiger partial charge in [0.25, 0.3) is 0 Å². The van der Waals surface area contributed by atoms with Crippen LogP contribution < -0.4 is 14.8 Å². The first-order chi connectivity index (χ1) is 15.0. The van der Waals surface area contributed by atoms with Crippen LogP contribution >= 0.6 is 0 Å². The number of aliphatic hydroxyl groups is 2. The van der Waals surface area contributed by atoms with Crippen LogP contribution in [0.1, 0.15) is 29.5 Å². The molecule has 6 nitrogen and oxygen atoms in total. The predicted molar refractivity (Wildman–Crippen MR) is 123 cm³/mol. The van der Waals surface area contributed by atoms with Gasteiger partial charge in [-0.15, -0.1) is 0 Å². The minimum absolute atomic E-state index is 0.204. The van der Waals surface area contributed by atoms with E-state index in [0.717, 1.165) is 51.0 Å². The van der Waals surface area contributed by atoms with E-state index in [1.54, 1.807) is 7.11 Å². The Bertz CT molecular complexity index is 806. The Kier molecular flexibility index (Phi) is 9.15. The lowest BCUT2D eigenvalue weighted by Crippen LogP contribution is -2.41. The fraction of sp³-hybridized carbons (Fsp3) is 0.520. The van der Waals surface area contributed by atoms with Crippen LogP contribution in [0.5, 0.6) is 11.5 Å². The highest BCUT2D eigenvalue weighted by Gasteiger charge is 2.20. The van der Waals surface area contributed by atoms with Gasteiger partial charge >= 0.3 is 0 Å². The van der Waals surface area contributed by atoms with Crippen molar-refractivity contribution in [3.63, 3.8) is 0 Å². The van der Waals surface area contributed by atoms with Crippen LogP contribution in [0.15, 0.2) is 42.5 Å². The molecule has 6 heteroatoms. The van der Waals surface area contributed by atoms with Gasteiger partial charge in [0.1, 0.15) is 12.7 Å². The molecule has 31 heavy (non-hydrogen) atoms. The van der Waals surface area contributed by atoms with Crippen molar-refractivity contribution in [2.24, 2.45) is 0 Å². The van der Waals surface area contributed by atoms with Crippen LogP contribution in [0.25, 0.3) is 0 Å². The summed E-state index contributed by atoms with van der Waals surface area (Å²) in [5.41, 5.74) is 3.82.